The van der Waals surface area contributed by atoms with Crippen molar-refractivity contribution in [2.75, 3.05) is 13.2 Å². The predicted molar refractivity (Wildman–Crippen MR) is 67.0 cm³/mol. The Labute approximate surface area is 114 Å². The van der Waals surface area contributed by atoms with Crippen molar-refractivity contribution in [3.63, 3.8) is 0 Å². The molecule has 0 aliphatic rings. The normalized spacial score (nSPS) is 9.60. The second-order valence-corrected chi connectivity index (χ2v) is 3.63. The fraction of sp³-hybridized carbons (Fsp3) is 0.273. The van der Waals surface area contributed by atoms with Gasteiger partial charge in [-0.05, 0) is 11.6 Å². The largest absolute Gasteiger partial charge is 0.477 e. The van der Waals surface area contributed by atoms with Crippen molar-refractivity contribution in [3.8, 4) is 0 Å². The van der Waals surface area contributed by atoms with Gasteiger partial charge in [0.1, 0.15) is 12.3 Å². The van der Waals surface area contributed by atoms with Crippen LogP contribution in [0, 0.1) is 0 Å². The van der Waals surface area contributed by atoms with Gasteiger partial charge in [-0.2, -0.15) is 0 Å². The number of aromatic carboxylic acids is 1. The van der Waals surface area contributed by atoms with Crippen molar-refractivity contribution in [1.29, 1.82) is 0 Å². The Bertz CT molecular complexity index is 488. The SMILES string of the molecule is NC(=O)OCCNC(=O)NCc1ccc(C(=O)O)nc1. The molecule has 0 aromatic carbocycles. The third kappa shape index (κ3) is 5.67. The zero-order chi connectivity index (χ0) is 15.0. The lowest BCUT2D eigenvalue weighted by Gasteiger charge is -2.07. The molecule has 9 heteroatoms. The Balaban J connectivity index is 2.26. The minimum Gasteiger partial charge on any atom is -0.477 e. The summed E-state index contributed by atoms with van der Waals surface area (Å²) in [6, 6.07) is 2.44. The van der Waals surface area contributed by atoms with Gasteiger partial charge in [-0.25, -0.2) is 19.4 Å². The summed E-state index contributed by atoms with van der Waals surface area (Å²) in [5, 5.41) is 13.6. The summed E-state index contributed by atoms with van der Waals surface area (Å²) in [5.74, 6) is -1.11. The van der Waals surface area contributed by atoms with Crippen molar-refractivity contribution >= 4 is 18.1 Å². The molecule has 0 saturated carbocycles. The maximum atomic E-state index is 11.3. The Morgan fingerprint density at radius 3 is 2.60 bits per heavy atom. The van der Waals surface area contributed by atoms with Gasteiger partial charge >= 0.3 is 18.1 Å². The van der Waals surface area contributed by atoms with Gasteiger partial charge in [0.05, 0.1) is 6.54 Å². The highest BCUT2D eigenvalue weighted by molar-refractivity contribution is 5.85. The number of nitrogens with zero attached hydrogens (tertiary/aromatic N) is 1. The summed E-state index contributed by atoms with van der Waals surface area (Å²) >= 11 is 0. The number of carboxylic acids is 1. The first-order valence-corrected chi connectivity index (χ1v) is 5.61. The van der Waals surface area contributed by atoms with Gasteiger partial charge in [0.2, 0.25) is 0 Å². The molecule has 20 heavy (non-hydrogen) atoms. The van der Waals surface area contributed by atoms with Gasteiger partial charge in [0.25, 0.3) is 0 Å². The third-order valence-corrected chi connectivity index (χ3v) is 2.13. The van der Waals surface area contributed by atoms with E-state index in [0.29, 0.717) is 5.56 Å². The highest BCUT2D eigenvalue weighted by atomic mass is 16.5. The van der Waals surface area contributed by atoms with Crippen LogP contribution in [-0.2, 0) is 11.3 Å². The fourth-order valence-corrected chi connectivity index (χ4v) is 1.22. The van der Waals surface area contributed by atoms with Gasteiger partial charge in [-0.1, -0.05) is 6.07 Å². The molecular formula is C11H14N4O5. The molecule has 0 aliphatic carbocycles. The maximum absolute atomic E-state index is 11.3. The molecule has 0 saturated heterocycles. The van der Waals surface area contributed by atoms with Crippen LogP contribution in [-0.4, -0.2) is 41.3 Å². The highest BCUT2D eigenvalue weighted by Crippen LogP contribution is 1.99. The van der Waals surface area contributed by atoms with Crippen LogP contribution in [0.25, 0.3) is 0 Å². The molecule has 1 aromatic rings. The Morgan fingerprint density at radius 1 is 1.30 bits per heavy atom. The molecule has 0 bridgehead atoms. The first kappa shape index (κ1) is 15.2. The van der Waals surface area contributed by atoms with Gasteiger partial charge < -0.3 is 26.2 Å². The molecule has 0 aliphatic heterocycles. The lowest BCUT2D eigenvalue weighted by atomic mass is 10.2. The summed E-state index contributed by atoms with van der Waals surface area (Å²) in [6.45, 7) is 0.304. The Kier molecular flexibility index (Phi) is 5.75. The van der Waals surface area contributed by atoms with Gasteiger partial charge in [0.15, 0.2) is 0 Å². The van der Waals surface area contributed by atoms with Crippen LogP contribution < -0.4 is 16.4 Å². The number of primary amides is 1. The van der Waals surface area contributed by atoms with Crippen LogP contribution in [0.5, 0.6) is 0 Å². The number of rotatable bonds is 6. The van der Waals surface area contributed by atoms with Crippen LogP contribution in [0.1, 0.15) is 16.1 Å². The molecule has 0 radical (unpaired) electrons. The van der Waals surface area contributed by atoms with E-state index in [0.717, 1.165) is 0 Å². The summed E-state index contributed by atoms with van der Waals surface area (Å²) in [7, 11) is 0. The molecule has 0 spiro atoms. The smallest absolute Gasteiger partial charge is 0.404 e. The number of nitrogens with one attached hydrogen (secondary N) is 2. The quantitative estimate of drug-likeness (QED) is 0.526. The van der Waals surface area contributed by atoms with E-state index in [1.807, 2.05) is 0 Å². The first-order valence-electron chi connectivity index (χ1n) is 5.61. The minimum absolute atomic E-state index is 0.0163. The maximum Gasteiger partial charge on any atom is 0.404 e. The standard InChI is InChI=1S/C11H14N4O5/c12-10(18)20-4-3-13-11(19)15-6-7-1-2-8(9(16)17)14-5-7/h1-2,5H,3-4,6H2,(H2,12,18)(H,16,17)(H2,13,15,19). The Hall–Kier alpha value is -2.84. The second-order valence-electron chi connectivity index (χ2n) is 3.63. The highest BCUT2D eigenvalue weighted by Gasteiger charge is 2.04. The number of urea groups is 1. The van der Waals surface area contributed by atoms with E-state index in [1.54, 1.807) is 6.07 Å². The monoisotopic (exact) mass is 282 g/mol. The number of nitrogens with two attached hydrogens (primary N) is 1. The van der Waals surface area contributed by atoms with E-state index < -0.39 is 18.1 Å². The fourth-order valence-electron chi connectivity index (χ4n) is 1.22. The van der Waals surface area contributed by atoms with E-state index in [-0.39, 0.29) is 25.4 Å². The van der Waals surface area contributed by atoms with Crippen molar-refractivity contribution in [2.24, 2.45) is 5.73 Å². The summed E-state index contributed by atoms with van der Waals surface area (Å²) in [6.07, 6.45) is 0.455. The first-order chi connectivity index (χ1) is 9.49. The number of amides is 3. The van der Waals surface area contributed by atoms with Gasteiger partial charge in [0, 0.05) is 12.7 Å². The van der Waals surface area contributed by atoms with Crippen molar-refractivity contribution in [2.45, 2.75) is 6.54 Å². The summed E-state index contributed by atoms with van der Waals surface area (Å²) in [4.78, 5) is 35.9. The number of aromatic nitrogens is 1. The van der Waals surface area contributed by atoms with Crippen molar-refractivity contribution < 1.29 is 24.2 Å². The molecule has 0 fully saturated rings. The van der Waals surface area contributed by atoms with E-state index >= 15 is 0 Å². The van der Waals surface area contributed by atoms with Crippen molar-refractivity contribution in [3.05, 3.63) is 29.6 Å². The predicted octanol–water partition coefficient (Wildman–Crippen LogP) is -0.326. The zero-order valence-electron chi connectivity index (χ0n) is 10.5. The van der Waals surface area contributed by atoms with Crippen LogP contribution in [0.4, 0.5) is 9.59 Å². The Morgan fingerprint density at radius 2 is 2.05 bits per heavy atom. The average Bonchev–Trinajstić information content (AvgIpc) is 2.41. The molecule has 9 nitrogen and oxygen atoms in total. The zero-order valence-corrected chi connectivity index (χ0v) is 10.5. The number of carboxylic acid groups (broad SMARTS) is 1. The second kappa shape index (κ2) is 7.56. The molecule has 5 N–H and O–H groups in total. The number of carbonyl (C=O) groups is 3. The number of pyridine rings is 1. The molecule has 1 rings (SSSR count). The van der Waals surface area contributed by atoms with Gasteiger partial charge in [-0.3, -0.25) is 0 Å². The van der Waals surface area contributed by atoms with E-state index in [2.05, 4.69) is 20.4 Å². The lowest BCUT2D eigenvalue weighted by molar-refractivity contribution is 0.0690. The van der Waals surface area contributed by atoms with Crippen LogP contribution in [0.2, 0.25) is 0 Å². The number of ether oxygens (including phenoxy) is 1. The molecule has 108 valence electrons. The number of hydrogen-bond acceptors (Lipinski definition) is 5. The average molecular weight is 282 g/mol. The van der Waals surface area contributed by atoms with E-state index in [1.165, 1.54) is 12.3 Å². The summed E-state index contributed by atoms with van der Waals surface area (Å²) < 4.78 is 4.42. The van der Waals surface area contributed by atoms with Crippen LogP contribution in [0.3, 0.4) is 0 Å². The molecule has 0 unspecified atom stereocenters. The van der Waals surface area contributed by atoms with Crippen LogP contribution >= 0.6 is 0 Å². The molecular weight excluding hydrogens is 268 g/mol. The van der Waals surface area contributed by atoms with Crippen LogP contribution in [0.15, 0.2) is 18.3 Å². The molecule has 3 amide bonds. The molecule has 1 aromatic heterocycles. The summed E-state index contributed by atoms with van der Waals surface area (Å²) in [5.41, 5.74) is 5.32. The third-order valence-electron chi connectivity index (χ3n) is 2.13. The topological polar surface area (TPSA) is 144 Å². The number of hydrogen-bond donors (Lipinski definition) is 4. The molecule has 1 heterocycles. The van der Waals surface area contributed by atoms with Crippen molar-refractivity contribution in [1.82, 2.24) is 15.6 Å². The molecule has 0 atom stereocenters. The minimum atomic E-state index is -1.11. The van der Waals surface area contributed by atoms with E-state index in [9.17, 15) is 14.4 Å². The van der Waals surface area contributed by atoms with Gasteiger partial charge in [-0.15, -0.1) is 0 Å². The number of carbonyl (C=O) groups excluding carboxylic acids is 2. The lowest BCUT2D eigenvalue weighted by Crippen LogP contribution is -2.37. The van der Waals surface area contributed by atoms with E-state index in [4.69, 9.17) is 10.8 Å².